The number of rotatable bonds is 2. The molecule has 19 heavy (non-hydrogen) atoms. The molecule has 0 saturated heterocycles. The first-order valence-corrected chi connectivity index (χ1v) is 6.39. The van der Waals surface area contributed by atoms with Gasteiger partial charge in [0.2, 0.25) is 0 Å². The number of nitrogens with one attached hydrogen (secondary N) is 1. The molecule has 3 N–H and O–H groups in total. The van der Waals surface area contributed by atoms with Gasteiger partial charge >= 0.3 is 0 Å². The van der Waals surface area contributed by atoms with Gasteiger partial charge in [0.1, 0.15) is 5.82 Å². The van der Waals surface area contributed by atoms with Crippen molar-refractivity contribution in [3.8, 4) is 6.07 Å². The predicted molar refractivity (Wildman–Crippen MR) is 78.0 cm³/mol. The van der Waals surface area contributed by atoms with E-state index in [9.17, 15) is 4.39 Å². The number of nitrogens with zero attached hydrogens (tertiary/aromatic N) is 1. The highest BCUT2D eigenvalue weighted by atomic mass is 79.9. The minimum atomic E-state index is -0.436. The van der Waals surface area contributed by atoms with Gasteiger partial charge in [-0.25, -0.2) is 4.39 Å². The van der Waals surface area contributed by atoms with Crippen LogP contribution < -0.4 is 11.1 Å². The van der Waals surface area contributed by atoms with Crippen molar-refractivity contribution in [2.45, 2.75) is 0 Å². The van der Waals surface area contributed by atoms with Crippen molar-refractivity contribution in [1.29, 1.82) is 5.26 Å². The fraction of sp³-hybridized carbons (Fsp3) is 0. The summed E-state index contributed by atoms with van der Waals surface area (Å²) in [6, 6.07) is 9.56. The Balaban J connectivity index is 2.37. The third kappa shape index (κ3) is 2.98. The van der Waals surface area contributed by atoms with E-state index in [0.717, 1.165) is 0 Å². The van der Waals surface area contributed by atoms with Crippen molar-refractivity contribution >= 4 is 44.6 Å². The smallest absolute Gasteiger partial charge is 0.139 e. The summed E-state index contributed by atoms with van der Waals surface area (Å²) in [5.41, 5.74) is 7.57. The summed E-state index contributed by atoms with van der Waals surface area (Å²) in [7, 11) is 0. The van der Waals surface area contributed by atoms with E-state index in [1.807, 2.05) is 6.07 Å². The molecule has 0 aliphatic carbocycles. The highest BCUT2D eigenvalue weighted by Crippen LogP contribution is 2.32. The highest BCUT2D eigenvalue weighted by molar-refractivity contribution is 9.10. The Morgan fingerprint density at radius 3 is 2.63 bits per heavy atom. The summed E-state index contributed by atoms with van der Waals surface area (Å²) in [6.07, 6.45) is 0. The average molecular weight is 341 g/mol. The van der Waals surface area contributed by atoms with Crippen LogP contribution in [0.15, 0.2) is 34.8 Å². The lowest BCUT2D eigenvalue weighted by atomic mass is 10.2. The lowest BCUT2D eigenvalue weighted by molar-refractivity contribution is 0.622. The maximum absolute atomic E-state index is 13.3. The van der Waals surface area contributed by atoms with E-state index in [2.05, 4.69) is 21.2 Å². The number of hydrogen-bond acceptors (Lipinski definition) is 3. The van der Waals surface area contributed by atoms with Gasteiger partial charge in [-0.15, -0.1) is 0 Å². The van der Waals surface area contributed by atoms with E-state index in [1.54, 1.807) is 18.2 Å². The van der Waals surface area contributed by atoms with Crippen LogP contribution in [0, 0.1) is 17.1 Å². The Hall–Kier alpha value is -1.77. The number of anilines is 3. The van der Waals surface area contributed by atoms with Gasteiger partial charge in [-0.2, -0.15) is 5.26 Å². The fourth-order valence-corrected chi connectivity index (χ4v) is 2.07. The minimum Gasteiger partial charge on any atom is -0.397 e. The van der Waals surface area contributed by atoms with Gasteiger partial charge < -0.3 is 11.1 Å². The molecule has 0 amide bonds. The molecule has 2 aromatic carbocycles. The van der Waals surface area contributed by atoms with Crippen LogP contribution in [0.1, 0.15) is 5.56 Å². The SMILES string of the molecule is N#Cc1ccc(Nc2cc(Br)c(F)cc2N)c(Cl)c1. The quantitative estimate of drug-likeness (QED) is 0.795. The van der Waals surface area contributed by atoms with Crippen molar-refractivity contribution in [2.24, 2.45) is 0 Å². The topological polar surface area (TPSA) is 61.8 Å². The highest BCUT2D eigenvalue weighted by Gasteiger charge is 2.08. The number of nitrogen functional groups attached to an aromatic ring is 1. The third-order valence-corrected chi connectivity index (χ3v) is 3.38. The molecule has 6 heteroatoms. The van der Waals surface area contributed by atoms with Crippen LogP contribution in [0.25, 0.3) is 0 Å². The zero-order valence-corrected chi connectivity index (χ0v) is 11.9. The first-order chi connectivity index (χ1) is 9.01. The molecule has 3 nitrogen and oxygen atoms in total. The molecule has 0 bridgehead atoms. The maximum Gasteiger partial charge on any atom is 0.139 e. The van der Waals surface area contributed by atoms with E-state index in [-0.39, 0.29) is 5.69 Å². The Morgan fingerprint density at radius 1 is 1.26 bits per heavy atom. The van der Waals surface area contributed by atoms with Crippen molar-refractivity contribution in [2.75, 3.05) is 11.1 Å². The lowest BCUT2D eigenvalue weighted by Crippen LogP contribution is -1.98. The van der Waals surface area contributed by atoms with Crippen LogP contribution in [0.5, 0.6) is 0 Å². The number of nitriles is 1. The van der Waals surface area contributed by atoms with Gasteiger partial charge in [-0.05, 0) is 40.2 Å². The summed E-state index contributed by atoms with van der Waals surface area (Å²) in [6.45, 7) is 0. The lowest BCUT2D eigenvalue weighted by Gasteiger charge is -2.12. The molecule has 0 spiro atoms. The molecule has 0 heterocycles. The molecule has 0 saturated carbocycles. The molecule has 96 valence electrons. The van der Waals surface area contributed by atoms with Crippen LogP contribution in [0.2, 0.25) is 5.02 Å². The monoisotopic (exact) mass is 339 g/mol. The standard InChI is InChI=1S/C13H8BrClFN3/c14-8-4-13(11(18)5-10(8)16)19-12-2-1-7(6-17)3-9(12)15/h1-5,19H,18H2. The number of hydrogen-bond donors (Lipinski definition) is 2. The summed E-state index contributed by atoms with van der Waals surface area (Å²) >= 11 is 9.13. The molecule has 2 rings (SSSR count). The van der Waals surface area contributed by atoms with Gasteiger partial charge in [-0.1, -0.05) is 11.6 Å². The molecule has 0 aliphatic rings. The number of benzene rings is 2. The summed E-state index contributed by atoms with van der Waals surface area (Å²) in [4.78, 5) is 0. The largest absolute Gasteiger partial charge is 0.397 e. The molecule has 0 unspecified atom stereocenters. The Labute approximate surface area is 122 Å². The molecular formula is C13H8BrClFN3. The average Bonchev–Trinajstić information content (AvgIpc) is 2.38. The summed E-state index contributed by atoms with van der Waals surface area (Å²) < 4.78 is 13.6. The van der Waals surface area contributed by atoms with Gasteiger partial charge in [0.05, 0.1) is 38.2 Å². The van der Waals surface area contributed by atoms with Gasteiger partial charge in [0, 0.05) is 6.07 Å². The van der Waals surface area contributed by atoms with E-state index in [1.165, 1.54) is 12.1 Å². The Morgan fingerprint density at radius 2 is 2.00 bits per heavy atom. The first kappa shape index (κ1) is 13.7. The van der Waals surface area contributed by atoms with Crippen LogP contribution in [0.3, 0.4) is 0 Å². The molecule has 0 fully saturated rings. The fourth-order valence-electron chi connectivity index (χ4n) is 1.50. The molecule has 0 aliphatic heterocycles. The Bertz CT molecular complexity index is 682. The van der Waals surface area contributed by atoms with Gasteiger partial charge in [-0.3, -0.25) is 0 Å². The van der Waals surface area contributed by atoms with Crippen molar-refractivity contribution in [3.63, 3.8) is 0 Å². The van der Waals surface area contributed by atoms with E-state index in [0.29, 0.717) is 26.4 Å². The zero-order chi connectivity index (χ0) is 14.0. The van der Waals surface area contributed by atoms with Crippen molar-refractivity contribution in [1.82, 2.24) is 0 Å². The molecule has 0 aromatic heterocycles. The summed E-state index contributed by atoms with van der Waals surface area (Å²) in [5.74, 6) is -0.436. The maximum atomic E-state index is 13.3. The molecule has 0 atom stereocenters. The van der Waals surface area contributed by atoms with Crippen LogP contribution in [-0.2, 0) is 0 Å². The third-order valence-electron chi connectivity index (χ3n) is 2.46. The molecule has 0 radical (unpaired) electrons. The zero-order valence-electron chi connectivity index (χ0n) is 9.55. The van der Waals surface area contributed by atoms with Crippen LogP contribution in [-0.4, -0.2) is 0 Å². The van der Waals surface area contributed by atoms with E-state index < -0.39 is 5.82 Å². The van der Waals surface area contributed by atoms with Gasteiger partial charge in [0.25, 0.3) is 0 Å². The second kappa shape index (κ2) is 5.47. The number of halogens is 3. The minimum absolute atomic E-state index is 0.265. The van der Waals surface area contributed by atoms with E-state index in [4.69, 9.17) is 22.6 Å². The van der Waals surface area contributed by atoms with E-state index >= 15 is 0 Å². The van der Waals surface area contributed by atoms with Crippen LogP contribution >= 0.6 is 27.5 Å². The van der Waals surface area contributed by atoms with Gasteiger partial charge in [0.15, 0.2) is 0 Å². The first-order valence-electron chi connectivity index (χ1n) is 5.22. The van der Waals surface area contributed by atoms with Crippen LogP contribution in [0.4, 0.5) is 21.5 Å². The second-order valence-corrected chi connectivity index (χ2v) is 5.05. The second-order valence-electron chi connectivity index (χ2n) is 3.78. The molecule has 2 aromatic rings. The Kier molecular flexibility index (Phi) is 3.93. The normalized spacial score (nSPS) is 10.0. The van der Waals surface area contributed by atoms with Crippen molar-refractivity contribution < 1.29 is 4.39 Å². The molecular weight excluding hydrogens is 333 g/mol. The summed E-state index contributed by atoms with van der Waals surface area (Å²) in [5, 5.41) is 12.1. The van der Waals surface area contributed by atoms with Crippen molar-refractivity contribution in [3.05, 3.63) is 51.2 Å². The predicted octanol–water partition coefficient (Wildman–Crippen LogP) is 4.44. The number of nitrogens with two attached hydrogens (primary N) is 1.